The molecule has 0 aliphatic carbocycles. The molecule has 0 bridgehead atoms. The van der Waals surface area contributed by atoms with Gasteiger partial charge in [0.15, 0.2) is 0 Å². The smallest absolute Gasteiger partial charge is 0.338 e. The van der Waals surface area contributed by atoms with E-state index in [9.17, 15) is 18.8 Å². The molecule has 0 unspecified atom stereocenters. The van der Waals surface area contributed by atoms with Gasteiger partial charge in [-0.25, -0.2) is 14.0 Å². The van der Waals surface area contributed by atoms with Crippen LogP contribution in [0.5, 0.6) is 0 Å². The largest absolute Gasteiger partial charge is 0.462 e. The van der Waals surface area contributed by atoms with Crippen molar-refractivity contribution in [2.75, 3.05) is 18.5 Å². The summed E-state index contributed by atoms with van der Waals surface area (Å²) in [7, 11) is 0. The van der Waals surface area contributed by atoms with Gasteiger partial charge in [-0.1, -0.05) is 0 Å². The highest BCUT2D eigenvalue weighted by Crippen LogP contribution is 2.22. The summed E-state index contributed by atoms with van der Waals surface area (Å²) < 4.78 is 23.7. The van der Waals surface area contributed by atoms with Gasteiger partial charge in [-0.15, -0.1) is 0 Å². The third kappa shape index (κ3) is 5.37. The highest BCUT2D eigenvalue weighted by Gasteiger charge is 2.17. The van der Waals surface area contributed by atoms with E-state index in [1.165, 1.54) is 30.3 Å². The topological polar surface area (TPSA) is 81.7 Å². The number of amides is 1. The second kappa shape index (κ2) is 9.27. The highest BCUT2D eigenvalue weighted by atomic mass is 79.9. The standard InChI is InChI=1S/C19H17BrFNO5/c1-3-26-18(24)11-7-12(19(25)27-4-2)9-14(8-11)22-17(23)15-10-13(21)5-6-16(15)20/h5-10H,3-4H2,1-2H3,(H,22,23). The Morgan fingerprint density at radius 3 is 2.04 bits per heavy atom. The van der Waals surface area contributed by atoms with E-state index in [-0.39, 0.29) is 35.6 Å². The summed E-state index contributed by atoms with van der Waals surface area (Å²) in [5.41, 5.74) is 0.394. The molecule has 0 fully saturated rings. The van der Waals surface area contributed by atoms with E-state index < -0.39 is 23.7 Å². The SMILES string of the molecule is CCOC(=O)c1cc(NC(=O)c2cc(F)ccc2Br)cc(C(=O)OCC)c1. The van der Waals surface area contributed by atoms with Crippen LogP contribution < -0.4 is 5.32 Å². The van der Waals surface area contributed by atoms with Crippen molar-refractivity contribution >= 4 is 39.5 Å². The number of anilines is 1. The molecule has 6 nitrogen and oxygen atoms in total. The summed E-state index contributed by atoms with van der Waals surface area (Å²) in [4.78, 5) is 36.5. The monoisotopic (exact) mass is 437 g/mol. The van der Waals surface area contributed by atoms with Crippen LogP contribution in [0.15, 0.2) is 40.9 Å². The summed E-state index contributed by atoms with van der Waals surface area (Å²) >= 11 is 3.19. The van der Waals surface area contributed by atoms with Gasteiger partial charge in [0.1, 0.15) is 5.82 Å². The fraction of sp³-hybridized carbons (Fsp3) is 0.211. The minimum atomic E-state index is -0.647. The number of rotatable bonds is 6. The van der Waals surface area contributed by atoms with Crippen molar-refractivity contribution in [1.82, 2.24) is 0 Å². The zero-order chi connectivity index (χ0) is 20.0. The lowest BCUT2D eigenvalue weighted by Crippen LogP contribution is -2.15. The average molecular weight is 438 g/mol. The van der Waals surface area contributed by atoms with Crippen LogP contribution in [0.4, 0.5) is 10.1 Å². The van der Waals surface area contributed by atoms with Crippen LogP contribution in [0.2, 0.25) is 0 Å². The summed E-state index contributed by atoms with van der Waals surface area (Å²) in [5, 5.41) is 2.55. The van der Waals surface area contributed by atoms with Gasteiger partial charge in [-0.3, -0.25) is 4.79 Å². The van der Waals surface area contributed by atoms with Crippen molar-refractivity contribution < 1.29 is 28.2 Å². The number of benzene rings is 2. The number of carbonyl (C=O) groups is 3. The number of ether oxygens (including phenoxy) is 2. The molecule has 8 heteroatoms. The molecule has 1 N–H and O–H groups in total. The second-order valence-electron chi connectivity index (χ2n) is 5.32. The van der Waals surface area contributed by atoms with E-state index in [0.717, 1.165) is 6.07 Å². The van der Waals surface area contributed by atoms with E-state index in [0.29, 0.717) is 4.47 Å². The van der Waals surface area contributed by atoms with Gasteiger partial charge >= 0.3 is 11.9 Å². The normalized spacial score (nSPS) is 10.2. The molecule has 1 amide bonds. The Kier molecular flexibility index (Phi) is 7.06. The third-order valence-electron chi connectivity index (χ3n) is 3.39. The quantitative estimate of drug-likeness (QED) is 0.684. The molecule has 0 saturated heterocycles. The number of carbonyl (C=O) groups excluding carboxylic acids is 3. The first-order valence-corrected chi connectivity index (χ1v) is 8.90. The molecule has 2 aromatic rings. The fourth-order valence-electron chi connectivity index (χ4n) is 2.23. The Bertz CT molecular complexity index is 848. The molecule has 0 atom stereocenters. The first-order chi connectivity index (χ1) is 12.8. The zero-order valence-electron chi connectivity index (χ0n) is 14.7. The lowest BCUT2D eigenvalue weighted by atomic mass is 10.1. The molecule has 0 aliphatic rings. The molecule has 0 saturated carbocycles. The summed E-state index contributed by atoms with van der Waals surface area (Å²) in [6, 6.07) is 7.74. The van der Waals surface area contributed by atoms with Crippen LogP contribution >= 0.6 is 15.9 Å². The zero-order valence-corrected chi connectivity index (χ0v) is 16.3. The van der Waals surface area contributed by atoms with Crippen LogP contribution in [-0.2, 0) is 9.47 Å². The van der Waals surface area contributed by atoms with Crippen LogP contribution in [0.3, 0.4) is 0 Å². The van der Waals surface area contributed by atoms with E-state index in [4.69, 9.17) is 9.47 Å². The van der Waals surface area contributed by atoms with E-state index in [1.807, 2.05) is 0 Å². The number of hydrogen-bond donors (Lipinski definition) is 1. The first kappa shape index (κ1) is 20.6. The summed E-state index contributed by atoms with van der Waals surface area (Å²) in [5.74, 6) is -2.48. The maximum atomic E-state index is 13.4. The van der Waals surface area contributed by atoms with Gasteiger partial charge in [-0.05, 0) is 66.2 Å². The third-order valence-corrected chi connectivity index (χ3v) is 4.08. The van der Waals surface area contributed by atoms with E-state index >= 15 is 0 Å². The Morgan fingerprint density at radius 1 is 0.963 bits per heavy atom. The molecule has 0 aromatic heterocycles. The van der Waals surface area contributed by atoms with Crippen molar-refractivity contribution in [3.8, 4) is 0 Å². The van der Waals surface area contributed by atoms with Crippen LogP contribution in [-0.4, -0.2) is 31.1 Å². The molecule has 0 spiro atoms. The van der Waals surface area contributed by atoms with Gasteiger partial charge in [0, 0.05) is 10.2 Å². The lowest BCUT2D eigenvalue weighted by molar-refractivity contribution is 0.0525. The van der Waals surface area contributed by atoms with Gasteiger partial charge in [0.25, 0.3) is 5.91 Å². The number of nitrogens with one attached hydrogen (secondary N) is 1. The maximum Gasteiger partial charge on any atom is 0.338 e. The van der Waals surface area contributed by atoms with Crippen LogP contribution in [0.25, 0.3) is 0 Å². The van der Waals surface area contributed by atoms with E-state index in [1.54, 1.807) is 13.8 Å². The molecule has 0 aliphatic heterocycles. The van der Waals surface area contributed by atoms with Gasteiger partial charge in [0.2, 0.25) is 0 Å². The highest BCUT2D eigenvalue weighted by molar-refractivity contribution is 9.10. The van der Waals surface area contributed by atoms with Crippen molar-refractivity contribution in [1.29, 1.82) is 0 Å². The minimum absolute atomic E-state index is 0.0641. The first-order valence-electron chi connectivity index (χ1n) is 8.11. The average Bonchev–Trinajstić information content (AvgIpc) is 2.63. The van der Waals surface area contributed by atoms with Crippen molar-refractivity contribution in [2.24, 2.45) is 0 Å². The van der Waals surface area contributed by atoms with Gasteiger partial charge < -0.3 is 14.8 Å². The number of hydrogen-bond acceptors (Lipinski definition) is 5. The van der Waals surface area contributed by atoms with Crippen LogP contribution in [0, 0.1) is 5.82 Å². The Balaban J connectivity index is 2.39. The Morgan fingerprint density at radius 2 is 1.52 bits per heavy atom. The van der Waals surface area contributed by atoms with Gasteiger partial charge in [0.05, 0.1) is 29.9 Å². The van der Waals surface area contributed by atoms with Crippen molar-refractivity contribution in [3.63, 3.8) is 0 Å². The molecular formula is C19H17BrFNO5. The minimum Gasteiger partial charge on any atom is -0.462 e. The lowest BCUT2D eigenvalue weighted by Gasteiger charge is -2.11. The summed E-state index contributed by atoms with van der Waals surface area (Å²) in [6.07, 6.45) is 0. The number of esters is 2. The molecule has 2 rings (SSSR count). The second-order valence-corrected chi connectivity index (χ2v) is 6.17. The maximum absolute atomic E-state index is 13.4. The molecule has 0 radical (unpaired) electrons. The molecule has 2 aromatic carbocycles. The van der Waals surface area contributed by atoms with Gasteiger partial charge in [-0.2, -0.15) is 0 Å². The Hall–Kier alpha value is -2.74. The van der Waals surface area contributed by atoms with Crippen molar-refractivity contribution in [3.05, 3.63) is 63.4 Å². The number of halogens is 2. The Labute approximate surface area is 163 Å². The van der Waals surface area contributed by atoms with Crippen molar-refractivity contribution in [2.45, 2.75) is 13.8 Å². The van der Waals surface area contributed by atoms with Crippen LogP contribution in [0.1, 0.15) is 44.9 Å². The molecule has 0 heterocycles. The van der Waals surface area contributed by atoms with E-state index in [2.05, 4.69) is 21.2 Å². The predicted octanol–water partition coefficient (Wildman–Crippen LogP) is 4.19. The fourth-order valence-corrected chi connectivity index (χ4v) is 2.66. The predicted molar refractivity (Wildman–Crippen MR) is 100 cm³/mol. The molecule has 27 heavy (non-hydrogen) atoms. The molecular weight excluding hydrogens is 421 g/mol. The molecule has 142 valence electrons. The summed E-state index contributed by atoms with van der Waals surface area (Å²) in [6.45, 7) is 3.61.